The van der Waals surface area contributed by atoms with Crippen molar-refractivity contribution < 1.29 is 4.79 Å². The molecule has 64 valence electrons. The van der Waals surface area contributed by atoms with Crippen LogP contribution in [0.5, 0.6) is 0 Å². The molecule has 0 aliphatic rings. The first-order chi connectivity index (χ1) is 5.72. The Balaban J connectivity index is 0.000000354. The lowest BCUT2D eigenvalue weighted by Crippen LogP contribution is -1.84. The summed E-state index contributed by atoms with van der Waals surface area (Å²) in [6.45, 7) is 5.25. The van der Waals surface area contributed by atoms with Gasteiger partial charge in [0.2, 0.25) is 0 Å². The second-order valence-corrected chi connectivity index (χ2v) is 2.39. The second kappa shape index (κ2) is 6.62. The molecule has 1 nitrogen and oxygen atoms in total. The lowest BCUT2D eigenvalue weighted by atomic mass is 10.2. The Bertz CT molecular complexity index is 241. The maximum absolute atomic E-state index is 10.4. The van der Waals surface area contributed by atoms with Crippen LogP contribution in [0.2, 0.25) is 0 Å². The molecular weight excluding hydrogens is 172 g/mol. The van der Waals surface area contributed by atoms with Gasteiger partial charge in [-0.2, -0.15) is 0 Å². The third-order valence-electron chi connectivity index (χ3n) is 1.00. The molecule has 0 N–H and O–H groups in total. The predicted octanol–water partition coefficient (Wildman–Crippen LogP) is 3.26. The third-order valence-corrected chi connectivity index (χ3v) is 1.22. The Labute approximate surface area is 77.7 Å². The number of hydrogen-bond donors (Lipinski definition) is 0. The normalized spacial score (nSPS) is 7.83. The summed E-state index contributed by atoms with van der Waals surface area (Å²) in [4.78, 5) is 10.4. The molecule has 1 aromatic carbocycles. The Kier molecular flexibility index (Phi) is 6.02. The summed E-state index contributed by atoms with van der Waals surface area (Å²) >= 11 is 5.16. The highest BCUT2D eigenvalue weighted by Gasteiger charge is 1.95. The van der Waals surface area contributed by atoms with Gasteiger partial charge < -0.3 is 0 Å². The number of halogens is 1. The van der Waals surface area contributed by atoms with Crippen LogP contribution >= 0.6 is 11.6 Å². The van der Waals surface area contributed by atoms with Gasteiger partial charge in [0.1, 0.15) is 0 Å². The molecule has 0 bridgehead atoms. The summed E-state index contributed by atoms with van der Waals surface area (Å²) in [6.07, 6.45) is 1.75. The summed E-state index contributed by atoms with van der Waals surface area (Å²) < 4.78 is 0. The summed E-state index contributed by atoms with van der Waals surface area (Å²) in [5, 5.41) is -0.407. The minimum Gasteiger partial charge on any atom is -0.276 e. The van der Waals surface area contributed by atoms with Crippen LogP contribution in [0.25, 0.3) is 0 Å². The molecular formula is C10H11ClO. The lowest BCUT2D eigenvalue weighted by Gasteiger charge is -1.87. The average Bonchev–Trinajstić information content (AvgIpc) is 2.07. The van der Waals surface area contributed by atoms with Gasteiger partial charge in [-0.3, -0.25) is 4.79 Å². The number of allylic oxidation sites excluding steroid dienone is 1. The van der Waals surface area contributed by atoms with Gasteiger partial charge in [-0.05, 0) is 18.5 Å². The van der Waals surface area contributed by atoms with Crippen molar-refractivity contribution in [3.05, 3.63) is 48.6 Å². The molecule has 0 saturated carbocycles. The molecule has 0 aliphatic carbocycles. The van der Waals surface area contributed by atoms with Crippen LogP contribution in [-0.2, 0) is 0 Å². The zero-order chi connectivity index (χ0) is 9.40. The molecule has 2 heteroatoms. The number of benzene rings is 1. The highest BCUT2D eigenvalue weighted by Crippen LogP contribution is 2.01. The fourth-order valence-corrected chi connectivity index (χ4v) is 0.695. The van der Waals surface area contributed by atoms with Crippen molar-refractivity contribution in [1.29, 1.82) is 0 Å². The summed E-state index contributed by atoms with van der Waals surface area (Å²) in [5.41, 5.74) is 0.541. The van der Waals surface area contributed by atoms with E-state index in [2.05, 4.69) is 6.58 Å². The highest BCUT2D eigenvalue weighted by atomic mass is 35.5. The molecule has 12 heavy (non-hydrogen) atoms. The van der Waals surface area contributed by atoms with Crippen molar-refractivity contribution in [2.45, 2.75) is 6.92 Å². The second-order valence-electron chi connectivity index (χ2n) is 2.05. The topological polar surface area (TPSA) is 17.1 Å². The van der Waals surface area contributed by atoms with Crippen LogP contribution in [-0.4, -0.2) is 5.24 Å². The molecule has 0 radical (unpaired) electrons. The van der Waals surface area contributed by atoms with Gasteiger partial charge in [-0.15, -0.1) is 6.58 Å². The first-order valence-electron chi connectivity index (χ1n) is 3.54. The third kappa shape index (κ3) is 4.69. The van der Waals surface area contributed by atoms with Crippen LogP contribution < -0.4 is 0 Å². The lowest BCUT2D eigenvalue weighted by molar-refractivity contribution is 0.108. The van der Waals surface area contributed by atoms with Gasteiger partial charge in [0, 0.05) is 5.56 Å². The average molecular weight is 183 g/mol. The van der Waals surface area contributed by atoms with Gasteiger partial charge in [-0.25, -0.2) is 0 Å². The van der Waals surface area contributed by atoms with Crippen LogP contribution in [0.3, 0.4) is 0 Å². The zero-order valence-electron chi connectivity index (χ0n) is 6.96. The number of carbonyl (C=O) groups is 1. The molecule has 0 spiro atoms. The van der Waals surface area contributed by atoms with Gasteiger partial charge in [0.25, 0.3) is 5.24 Å². The molecule has 0 aliphatic heterocycles. The number of carbonyl (C=O) groups excluding carboxylic acids is 1. The van der Waals surface area contributed by atoms with E-state index in [-0.39, 0.29) is 0 Å². The Morgan fingerprint density at radius 1 is 1.42 bits per heavy atom. The summed E-state index contributed by atoms with van der Waals surface area (Å²) in [7, 11) is 0. The number of hydrogen-bond acceptors (Lipinski definition) is 1. The van der Waals surface area contributed by atoms with Gasteiger partial charge in [-0.1, -0.05) is 36.4 Å². The fourth-order valence-electron chi connectivity index (χ4n) is 0.569. The first kappa shape index (κ1) is 10.9. The molecule has 0 saturated heterocycles. The van der Waals surface area contributed by atoms with Crippen molar-refractivity contribution in [3.8, 4) is 0 Å². The van der Waals surface area contributed by atoms with E-state index in [4.69, 9.17) is 11.6 Å². The van der Waals surface area contributed by atoms with Crippen molar-refractivity contribution in [3.63, 3.8) is 0 Å². The molecule has 0 heterocycles. The van der Waals surface area contributed by atoms with E-state index in [0.29, 0.717) is 5.56 Å². The van der Waals surface area contributed by atoms with Crippen LogP contribution in [0, 0.1) is 0 Å². The number of rotatable bonds is 1. The Hall–Kier alpha value is -1.08. The van der Waals surface area contributed by atoms with Crippen molar-refractivity contribution in [2.75, 3.05) is 0 Å². The molecule has 0 unspecified atom stereocenters. The first-order valence-corrected chi connectivity index (χ1v) is 3.92. The monoisotopic (exact) mass is 182 g/mol. The van der Waals surface area contributed by atoms with Crippen LogP contribution in [0.4, 0.5) is 0 Å². The van der Waals surface area contributed by atoms with Crippen molar-refractivity contribution in [1.82, 2.24) is 0 Å². The highest BCUT2D eigenvalue weighted by molar-refractivity contribution is 6.67. The minimum absolute atomic E-state index is 0.407. The Morgan fingerprint density at radius 3 is 2.08 bits per heavy atom. The van der Waals surface area contributed by atoms with E-state index >= 15 is 0 Å². The maximum atomic E-state index is 10.4. The van der Waals surface area contributed by atoms with Crippen molar-refractivity contribution in [2.24, 2.45) is 0 Å². The van der Waals surface area contributed by atoms with E-state index in [0.717, 1.165) is 0 Å². The van der Waals surface area contributed by atoms with Crippen molar-refractivity contribution >= 4 is 16.8 Å². The standard InChI is InChI=1S/C7H5ClO.C3H6/c8-7(9)6-4-2-1-3-5-6;1-3-2/h1-5H;3H,1H2,2H3. The van der Waals surface area contributed by atoms with Gasteiger partial charge in [0.05, 0.1) is 0 Å². The molecule has 0 amide bonds. The molecule has 0 aromatic heterocycles. The molecule has 0 fully saturated rings. The summed E-state index contributed by atoms with van der Waals surface area (Å²) in [5.74, 6) is 0. The van der Waals surface area contributed by atoms with E-state index in [1.165, 1.54) is 0 Å². The minimum atomic E-state index is -0.407. The smallest absolute Gasteiger partial charge is 0.252 e. The van der Waals surface area contributed by atoms with E-state index in [9.17, 15) is 4.79 Å². The molecule has 1 aromatic rings. The van der Waals surface area contributed by atoms with E-state index in [1.54, 1.807) is 30.3 Å². The van der Waals surface area contributed by atoms with E-state index < -0.39 is 5.24 Å². The predicted molar refractivity (Wildman–Crippen MR) is 52.5 cm³/mol. The Morgan fingerprint density at radius 2 is 1.83 bits per heavy atom. The van der Waals surface area contributed by atoms with Gasteiger partial charge >= 0.3 is 0 Å². The van der Waals surface area contributed by atoms with Crippen LogP contribution in [0.15, 0.2) is 43.0 Å². The summed E-state index contributed by atoms with van der Waals surface area (Å²) in [6, 6.07) is 8.74. The largest absolute Gasteiger partial charge is 0.276 e. The van der Waals surface area contributed by atoms with Gasteiger partial charge in [0.15, 0.2) is 0 Å². The molecule has 0 atom stereocenters. The van der Waals surface area contributed by atoms with Crippen LogP contribution in [0.1, 0.15) is 17.3 Å². The van der Waals surface area contributed by atoms with E-state index in [1.807, 2.05) is 13.0 Å². The quantitative estimate of drug-likeness (QED) is 0.481. The maximum Gasteiger partial charge on any atom is 0.252 e. The zero-order valence-corrected chi connectivity index (χ0v) is 7.71. The molecule has 1 rings (SSSR count). The SMILES string of the molecule is C=CC.O=C(Cl)c1ccccc1. The fraction of sp³-hybridized carbons (Fsp3) is 0.100.